The molecule has 0 saturated carbocycles. The zero-order valence-electron chi connectivity index (χ0n) is 8.26. The highest BCUT2D eigenvalue weighted by molar-refractivity contribution is 14.1. The number of carboxylic acids is 1. The second kappa shape index (κ2) is 4.87. The fourth-order valence-electron chi connectivity index (χ4n) is 1.80. The van der Waals surface area contributed by atoms with E-state index < -0.39 is 17.4 Å². The molecule has 0 aromatic heterocycles. The number of hydrogen-bond acceptors (Lipinski definition) is 4. The van der Waals surface area contributed by atoms with Crippen molar-refractivity contribution in [2.24, 2.45) is 11.1 Å². The molecule has 2 heterocycles. The summed E-state index contributed by atoms with van der Waals surface area (Å²) in [4.78, 5) is 24.2. The third kappa shape index (κ3) is 1.91. The van der Waals surface area contributed by atoms with Gasteiger partial charge in [0.05, 0.1) is 0 Å². The summed E-state index contributed by atoms with van der Waals surface area (Å²) in [6.07, 6.45) is 0. The van der Waals surface area contributed by atoms with Crippen LogP contribution < -0.4 is 5.73 Å². The first-order valence-electron chi connectivity index (χ1n) is 4.49. The number of alkyl halides is 1. The second-order valence-electron chi connectivity index (χ2n) is 3.91. The van der Waals surface area contributed by atoms with Crippen molar-refractivity contribution in [3.05, 3.63) is 0 Å². The van der Waals surface area contributed by atoms with E-state index in [2.05, 4.69) is 22.6 Å². The van der Waals surface area contributed by atoms with Gasteiger partial charge < -0.3 is 15.7 Å². The van der Waals surface area contributed by atoms with Crippen LogP contribution in [-0.4, -0.2) is 50.0 Å². The number of fused-ring (bicyclic) bond motifs is 1. The number of aliphatic carboxylic acids is 1. The Morgan fingerprint density at radius 1 is 1.75 bits per heavy atom. The first-order valence-corrected chi connectivity index (χ1v) is 7.06. The van der Waals surface area contributed by atoms with E-state index in [9.17, 15) is 14.7 Å². The molecule has 2 unspecified atom stereocenters. The molecule has 2 aliphatic rings. The van der Waals surface area contributed by atoms with E-state index in [0.717, 1.165) is 0 Å². The molecule has 2 fully saturated rings. The molecule has 3 atom stereocenters. The average Bonchev–Trinajstić information content (AvgIpc) is 2.26. The molecule has 0 aliphatic carbocycles. The van der Waals surface area contributed by atoms with Gasteiger partial charge in [0.2, 0.25) is 5.91 Å². The topological polar surface area (TPSA) is 83.6 Å². The number of carbonyl (C=O) groups is 2. The molecule has 3 N–H and O–H groups in total. The summed E-state index contributed by atoms with van der Waals surface area (Å²) in [5, 5.41) is 9.18. The third-order valence-corrected chi connectivity index (χ3v) is 5.96. The summed E-state index contributed by atoms with van der Waals surface area (Å²) >= 11 is 3.54. The Bertz CT molecular complexity index is 332. The minimum absolute atomic E-state index is 0. The van der Waals surface area contributed by atoms with Crippen LogP contribution in [0.25, 0.3) is 0 Å². The lowest BCUT2D eigenvalue weighted by Crippen LogP contribution is -2.72. The highest BCUT2D eigenvalue weighted by Gasteiger charge is 2.55. The summed E-state index contributed by atoms with van der Waals surface area (Å²) in [6.45, 7) is 0.301. The fraction of sp³-hybridized carbons (Fsp3) is 0.750. The van der Waals surface area contributed by atoms with Gasteiger partial charge in [-0.15, -0.1) is 24.2 Å². The van der Waals surface area contributed by atoms with Gasteiger partial charge in [-0.1, -0.05) is 22.6 Å². The fourth-order valence-corrected chi connectivity index (χ4v) is 4.49. The maximum Gasteiger partial charge on any atom is 0.313 e. The van der Waals surface area contributed by atoms with Gasteiger partial charge in [-0.05, 0) is 0 Å². The van der Waals surface area contributed by atoms with E-state index in [-0.39, 0.29) is 23.7 Å². The van der Waals surface area contributed by atoms with Crippen LogP contribution in [0.4, 0.5) is 0 Å². The minimum Gasteiger partial charge on any atom is -0.481 e. The van der Waals surface area contributed by atoms with Gasteiger partial charge in [0.1, 0.15) is 16.8 Å². The molecule has 16 heavy (non-hydrogen) atoms. The normalized spacial score (nSPS) is 37.1. The largest absolute Gasteiger partial charge is 0.481 e. The lowest BCUT2D eigenvalue weighted by atomic mass is 9.90. The highest BCUT2D eigenvalue weighted by atomic mass is 127. The minimum atomic E-state index is -0.823. The van der Waals surface area contributed by atoms with E-state index in [1.165, 1.54) is 11.8 Å². The van der Waals surface area contributed by atoms with Gasteiger partial charge in [0, 0.05) is 16.7 Å². The van der Waals surface area contributed by atoms with Crippen LogP contribution in [0.3, 0.4) is 0 Å². The van der Waals surface area contributed by atoms with Crippen LogP contribution in [0, 0.1) is 5.41 Å². The predicted molar refractivity (Wildman–Crippen MR) is 72.1 cm³/mol. The summed E-state index contributed by atoms with van der Waals surface area (Å²) in [5.41, 5.74) is 4.83. The monoisotopic (exact) mass is 378 g/mol. The average molecular weight is 379 g/mol. The molecule has 1 amide bonds. The van der Waals surface area contributed by atoms with Crippen molar-refractivity contribution in [2.75, 3.05) is 16.7 Å². The van der Waals surface area contributed by atoms with Crippen LogP contribution in [0.1, 0.15) is 0 Å². The number of carbonyl (C=O) groups excluding carboxylic acids is 1. The Kier molecular flexibility index (Phi) is 4.36. The molecule has 8 heteroatoms. The van der Waals surface area contributed by atoms with Crippen molar-refractivity contribution in [1.29, 1.82) is 0 Å². The van der Waals surface area contributed by atoms with Gasteiger partial charge in [0.25, 0.3) is 0 Å². The van der Waals surface area contributed by atoms with E-state index >= 15 is 0 Å². The van der Waals surface area contributed by atoms with Crippen LogP contribution >= 0.6 is 46.8 Å². The maximum absolute atomic E-state index is 11.4. The summed E-state index contributed by atoms with van der Waals surface area (Å²) in [7, 11) is 0. The number of rotatable bonds is 2. The molecular formula is C8H12ClIN2O3S. The molecule has 2 saturated heterocycles. The van der Waals surface area contributed by atoms with E-state index in [1.807, 2.05) is 0 Å². The number of amides is 1. The van der Waals surface area contributed by atoms with Crippen molar-refractivity contribution in [3.8, 4) is 0 Å². The lowest BCUT2D eigenvalue weighted by molar-refractivity contribution is -0.155. The number of halogens is 2. The zero-order valence-corrected chi connectivity index (χ0v) is 12.0. The van der Waals surface area contributed by atoms with Crippen molar-refractivity contribution in [3.63, 3.8) is 0 Å². The summed E-state index contributed by atoms with van der Waals surface area (Å²) in [6, 6.07) is -0.434. The molecule has 0 radical (unpaired) electrons. The number of nitrogens with two attached hydrogens (primary N) is 1. The third-order valence-electron chi connectivity index (χ3n) is 2.90. The number of nitrogens with zero attached hydrogens (tertiary/aromatic N) is 1. The highest BCUT2D eigenvalue weighted by Crippen LogP contribution is 2.42. The van der Waals surface area contributed by atoms with E-state index in [4.69, 9.17) is 5.73 Å². The number of hydrogen-bond donors (Lipinski definition) is 2. The van der Waals surface area contributed by atoms with Crippen LogP contribution in [-0.2, 0) is 9.59 Å². The SMILES string of the molecule is Cl.NC1C(=O)N2CC(CI)(C(=O)O)CS[C@H]12. The summed E-state index contributed by atoms with van der Waals surface area (Å²) < 4.78 is 0.513. The predicted octanol–water partition coefficient (Wildman–Crippen LogP) is 0.157. The Balaban J connectivity index is 0.00000128. The lowest BCUT2D eigenvalue weighted by Gasteiger charge is -2.52. The molecule has 0 aromatic carbocycles. The quantitative estimate of drug-likeness (QED) is 0.406. The zero-order chi connectivity index (χ0) is 11.2. The molecular weight excluding hydrogens is 367 g/mol. The van der Waals surface area contributed by atoms with Crippen molar-refractivity contribution in [2.45, 2.75) is 11.4 Å². The molecule has 2 rings (SSSR count). The number of β-lactam (4-membered cyclic amide) rings is 1. The Hall–Kier alpha value is 0.270. The van der Waals surface area contributed by atoms with E-state index in [0.29, 0.717) is 16.7 Å². The van der Waals surface area contributed by atoms with Crippen molar-refractivity contribution < 1.29 is 14.7 Å². The van der Waals surface area contributed by atoms with Crippen LogP contribution in [0.5, 0.6) is 0 Å². The van der Waals surface area contributed by atoms with Gasteiger partial charge in [0.15, 0.2) is 0 Å². The molecule has 0 bridgehead atoms. The Labute approximate surface area is 117 Å². The number of carboxylic acid groups (broad SMARTS) is 1. The maximum atomic E-state index is 11.4. The first kappa shape index (κ1) is 14.3. The number of thioether (sulfide) groups is 1. The standard InChI is InChI=1S/C8H11IN2O3S.ClH/c9-1-8(7(13)14)2-11-5(12)4(10)6(11)15-3-8;/h4,6H,1-3,10H2,(H,13,14);1H/t4?,6-,8?;/m1./s1. The molecule has 2 aliphatic heterocycles. The Morgan fingerprint density at radius 3 is 2.88 bits per heavy atom. The Morgan fingerprint density at radius 2 is 2.38 bits per heavy atom. The molecule has 0 spiro atoms. The van der Waals surface area contributed by atoms with Crippen molar-refractivity contribution >= 4 is 58.6 Å². The van der Waals surface area contributed by atoms with Crippen LogP contribution in [0.2, 0.25) is 0 Å². The van der Waals surface area contributed by atoms with Gasteiger partial charge in [-0.25, -0.2) is 0 Å². The summed E-state index contributed by atoms with van der Waals surface area (Å²) in [5.74, 6) is -0.410. The molecule has 92 valence electrons. The van der Waals surface area contributed by atoms with Gasteiger partial charge in [-0.2, -0.15) is 0 Å². The molecule has 5 nitrogen and oxygen atoms in total. The first-order chi connectivity index (χ1) is 7.02. The van der Waals surface area contributed by atoms with Gasteiger partial charge in [-0.3, -0.25) is 9.59 Å². The second-order valence-corrected chi connectivity index (χ2v) is 5.78. The smallest absolute Gasteiger partial charge is 0.313 e. The van der Waals surface area contributed by atoms with Crippen molar-refractivity contribution in [1.82, 2.24) is 4.90 Å². The molecule has 0 aromatic rings. The van der Waals surface area contributed by atoms with Crippen LogP contribution in [0.15, 0.2) is 0 Å². The van der Waals surface area contributed by atoms with Gasteiger partial charge >= 0.3 is 5.97 Å². The van der Waals surface area contributed by atoms with E-state index in [1.54, 1.807) is 4.90 Å².